The molecule has 0 aromatic heterocycles. The molecule has 0 heterocycles. The molecule has 0 spiro atoms. The number of aliphatic carboxylic acids is 1. The summed E-state index contributed by atoms with van der Waals surface area (Å²) in [5, 5.41) is 9.15. The molecule has 0 amide bonds. The third-order valence-corrected chi connectivity index (χ3v) is 3.19. The van der Waals surface area contributed by atoms with Gasteiger partial charge in [-0.25, -0.2) is 0 Å². The Labute approximate surface area is 104 Å². The number of ether oxygens (including phenoxy) is 2. The number of Topliss-reactive ketones (excluding diaryl/α,β-unsaturated/α-hetero) is 1. The van der Waals surface area contributed by atoms with Gasteiger partial charge in [-0.1, -0.05) is 6.07 Å². The van der Waals surface area contributed by atoms with Gasteiger partial charge in [-0.15, -0.1) is 0 Å². The van der Waals surface area contributed by atoms with Crippen LogP contribution >= 0.6 is 0 Å². The van der Waals surface area contributed by atoms with Gasteiger partial charge in [0.25, 0.3) is 0 Å². The van der Waals surface area contributed by atoms with Crippen LogP contribution in [0.25, 0.3) is 0 Å². The van der Waals surface area contributed by atoms with Gasteiger partial charge in [-0.3, -0.25) is 9.59 Å². The van der Waals surface area contributed by atoms with Gasteiger partial charge < -0.3 is 14.6 Å². The molecule has 1 N–H and O–H groups in total. The van der Waals surface area contributed by atoms with Crippen LogP contribution in [0, 0.1) is 0 Å². The molecule has 5 nitrogen and oxygen atoms in total. The highest BCUT2D eigenvalue weighted by Crippen LogP contribution is 2.40. The minimum Gasteiger partial charge on any atom is -0.493 e. The Morgan fingerprint density at radius 3 is 2.56 bits per heavy atom. The van der Waals surface area contributed by atoms with Crippen molar-refractivity contribution in [3.63, 3.8) is 0 Å². The normalized spacial score (nSPS) is 18.1. The van der Waals surface area contributed by atoms with Crippen molar-refractivity contribution in [1.29, 1.82) is 0 Å². The van der Waals surface area contributed by atoms with Crippen molar-refractivity contribution in [3.8, 4) is 11.5 Å². The van der Waals surface area contributed by atoms with Crippen molar-refractivity contribution in [3.05, 3.63) is 23.3 Å². The Kier molecular flexibility index (Phi) is 3.23. The first kappa shape index (κ1) is 12.4. The van der Waals surface area contributed by atoms with Gasteiger partial charge in [0.1, 0.15) is 5.92 Å². The van der Waals surface area contributed by atoms with Crippen LogP contribution in [0.2, 0.25) is 0 Å². The van der Waals surface area contributed by atoms with Crippen LogP contribution in [0.1, 0.15) is 23.5 Å². The summed E-state index contributed by atoms with van der Waals surface area (Å²) < 4.78 is 10.4. The molecule has 96 valence electrons. The first-order valence-electron chi connectivity index (χ1n) is 5.59. The zero-order chi connectivity index (χ0) is 13.3. The minimum absolute atomic E-state index is 0.216. The van der Waals surface area contributed by atoms with Crippen molar-refractivity contribution in [2.45, 2.75) is 18.8 Å². The van der Waals surface area contributed by atoms with Crippen LogP contribution in [-0.4, -0.2) is 31.1 Å². The second kappa shape index (κ2) is 4.68. The molecule has 0 bridgehead atoms. The summed E-state index contributed by atoms with van der Waals surface area (Å²) in [5.41, 5.74) is 1.26. The first-order chi connectivity index (χ1) is 8.60. The van der Waals surface area contributed by atoms with E-state index in [0.29, 0.717) is 23.5 Å². The SMILES string of the molecule is COc1ccc2c(c1OC)CCC(=O)C2C(=O)O. The average Bonchev–Trinajstić information content (AvgIpc) is 2.36. The molecule has 1 unspecified atom stereocenters. The topological polar surface area (TPSA) is 72.8 Å². The van der Waals surface area contributed by atoms with Crippen LogP contribution in [0.4, 0.5) is 0 Å². The van der Waals surface area contributed by atoms with Gasteiger partial charge in [0.05, 0.1) is 14.2 Å². The summed E-state index contributed by atoms with van der Waals surface area (Å²) in [4.78, 5) is 22.9. The summed E-state index contributed by atoms with van der Waals surface area (Å²) in [6.07, 6.45) is 0.700. The van der Waals surface area contributed by atoms with Gasteiger partial charge in [0, 0.05) is 12.0 Å². The van der Waals surface area contributed by atoms with E-state index in [1.807, 2.05) is 0 Å². The van der Waals surface area contributed by atoms with Crippen LogP contribution in [0.5, 0.6) is 11.5 Å². The molecule has 1 aromatic rings. The molecule has 0 aliphatic heterocycles. The molecule has 2 rings (SSSR count). The lowest BCUT2D eigenvalue weighted by molar-refractivity contribution is -0.142. The number of fused-ring (bicyclic) bond motifs is 1. The Bertz CT molecular complexity index is 506. The number of hydrogen-bond donors (Lipinski definition) is 1. The third kappa shape index (κ3) is 1.81. The number of rotatable bonds is 3. The van der Waals surface area contributed by atoms with E-state index in [9.17, 15) is 9.59 Å². The number of carboxylic acids is 1. The van der Waals surface area contributed by atoms with Gasteiger partial charge in [-0.2, -0.15) is 0 Å². The number of hydrogen-bond acceptors (Lipinski definition) is 4. The summed E-state index contributed by atoms with van der Waals surface area (Å²) >= 11 is 0. The number of benzene rings is 1. The molecule has 1 aliphatic carbocycles. The lowest BCUT2D eigenvalue weighted by Gasteiger charge is -2.24. The van der Waals surface area contributed by atoms with Crippen LogP contribution < -0.4 is 9.47 Å². The van der Waals surface area contributed by atoms with Gasteiger partial charge in [-0.05, 0) is 18.1 Å². The van der Waals surface area contributed by atoms with E-state index in [1.54, 1.807) is 12.1 Å². The Hall–Kier alpha value is -2.04. The summed E-state index contributed by atoms with van der Waals surface area (Å²) in [7, 11) is 3.03. The van der Waals surface area contributed by atoms with E-state index in [4.69, 9.17) is 14.6 Å². The van der Waals surface area contributed by atoms with Gasteiger partial charge in [0.15, 0.2) is 17.3 Å². The lowest BCUT2D eigenvalue weighted by Crippen LogP contribution is -2.27. The quantitative estimate of drug-likeness (QED) is 0.820. The molecule has 1 aromatic carbocycles. The highest BCUT2D eigenvalue weighted by molar-refractivity contribution is 6.05. The van der Waals surface area contributed by atoms with Gasteiger partial charge >= 0.3 is 5.97 Å². The van der Waals surface area contributed by atoms with Crippen LogP contribution in [0.15, 0.2) is 12.1 Å². The first-order valence-corrected chi connectivity index (χ1v) is 5.59. The summed E-state index contributed by atoms with van der Waals surface area (Å²) in [6, 6.07) is 3.26. The Balaban J connectivity index is 2.61. The number of carbonyl (C=O) groups is 2. The van der Waals surface area contributed by atoms with Crippen molar-refractivity contribution >= 4 is 11.8 Å². The average molecular weight is 250 g/mol. The molecular formula is C13H14O5. The fourth-order valence-corrected chi connectivity index (χ4v) is 2.37. The summed E-state index contributed by atoms with van der Waals surface area (Å²) in [6.45, 7) is 0. The van der Waals surface area contributed by atoms with Crippen molar-refractivity contribution in [1.82, 2.24) is 0 Å². The van der Waals surface area contributed by atoms with E-state index < -0.39 is 11.9 Å². The molecule has 0 radical (unpaired) electrons. The Morgan fingerprint density at radius 2 is 2.00 bits per heavy atom. The molecule has 1 aliphatic rings. The van der Waals surface area contributed by atoms with Gasteiger partial charge in [0.2, 0.25) is 0 Å². The molecule has 1 atom stereocenters. The van der Waals surface area contributed by atoms with Crippen molar-refractivity contribution in [2.24, 2.45) is 0 Å². The second-order valence-electron chi connectivity index (χ2n) is 4.11. The smallest absolute Gasteiger partial charge is 0.318 e. The molecule has 18 heavy (non-hydrogen) atoms. The highest BCUT2D eigenvalue weighted by Gasteiger charge is 2.35. The molecule has 0 saturated carbocycles. The summed E-state index contributed by atoms with van der Waals surface area (Å²) in [5.74, 6) is -1.40. The van der Waals surface area contributed by atoms with E-state index >= 15 is 0 Å². The number of ketones is 1. The van der Waals surface area contributed by atoms with E-state index in [1.165, 1.54) is 14.2 Å². The number of carboxylic acid groups (broad SMARTS) is 1. The minimum atomic E-state index is -1.12. The Morgan fingerprint density at radius 1 is 1.28 bits per heavy atom. The highest BCUT2D eigenvalue weighted by atomic mass is 16.5. The maximum absolute atomic E-state index is 11.7. The maximum atomic E-state index is 11.7. The monoisotopic (exact) mass is 250 g/mol. The maximum Gasteiger partial charge on any atom is 0.318 e. The standard InChI is InChI=1S/C13H14O5/c1-17-10-6-4-7-8(12(10)18-2)3-5-9(14)11(7)13(15)16/h4,6,11H,3,5H2,1-2H3,(H,15,16). The molecule has 0 fully saturated rings. The van der Waals surface area contributed by atoms with Crippen molar-refractivity contribution < 1.29 is 24.2 Å². The van der Waals surface area contributed by atoms with Crippen LogP contribution in [-0.2, 0) is 16.0 Å². The zero-order valence-corrected chi connectivity index (χ0v) is 10.2. The largest absolute Gasteiger partial charge is 0.493 e. The molecule has 0 saturated heterocycles. The predicted molar refractivity (Wildman–Crippen MR) is 63.3 cm³/mol. The molecular weight excluding hydrogens is 236 g/mol. The second-order valence-corrected chi connectivity index (χ2v) is 4.11. The van der Waals surface area contributed by atoms with E-state index in [-0.39, 0.29) is 12.2 Å². The number of carbonyl (C=O) groups excluding carboxylic acids is 1. The lowest BCUT2D eigenvalue weighted by atomic mass is 9.81. The molecule has 5 heteroatoms. The predicted octanol–water partition coefficient (Wildman–Crippen LogP) is 1.39. The van der Waals surface area contributed by atoms with E-state index in [2.05, 4.69) is 0 Å². The van der Waals surface area contributed by atoms with Crippen molar-refractivity contribution in [2.75, 3.05) is 14.2 Å². The van der Waals surface area contributed by atoms with Crippen LogP contribution in [0.3, 0.4) is 0 Å². The number of methoxy groups -OCH3 is 2. The third-order valence-electron chi connectivity index (χ3n) is 3.19. The zero-order valence-electron chi connectivity index (χ0n) is 10.2. The fourth-order valence-electron chi connectivity index (χ4n) is 2.37. The fraction of sp³-hybridized carbons (Fsp3) is 0.385. The van der Waals surface area contributed by atoms with E-state index in [0.717, 1.165) is 5.56 Å².